The summed E-state index contributed by atoms with van der Waals surface area (Å²) in [5.41, 5.74) is 6.63. The van der Waals surface area contributed by atoms with E-state index in [2.05, 4.69) is 25.1 Å². The predicted molar refractivity (Wildman–Crippen MR) is 148 cm³/mol. The summed E-state index contributed by atoms with van der Waals surface area (Å²) in [4.78, 5) is 37.3. The Morgan fingerprint density at radius 3 is 2.27 bits per heavy atom. The van der Waals surface area contributed by atoms with Crippen LogP contribution < -0.4 is 15.9 Å². The van der Waals surface area contributed by atoms with Crippen molar-refractivity contribution in [3.8, 4) is 0 Å². The van der Waals surface area contributed by atoms with Crippen LogP contribution in [0.5, 0.6) is 0 Å². The number of nitrogen functional groups attached to an aromatic ring is 1. The molecule has 4 atom stereocenters. The second kappa shape index (κ2) is 14.5. The molecule has 1 aliphatic rings. The Kier molecular flexibility index (Phi) is 11.4. The first kappa shape index (κ1) is 31.5. The molecule has 0 fully saturated rings. The maximum absolute atomic E-state index is 14.0. The van der Waals surface area contributed by atoms with Crippen molar-refractivity contribution < 1.29 is 33.5 Å². The Morgan fingerprint density at radius 1 is 1.10 bits per heavy atom. The van der Waals surface area contributed by atoms with Crippen LogP contribution in [0.3, 0.4) is 0 Å². The second-order valence-electron chi connectivity index (χ2n) is 9.67. The average molecular weight is 582 g/mol. The molecular weight excluding hydrogens is 541 g/mol. The van der Waals surface area contributed by atoms with Gasteiger partial charge in [0.15, 0.2) is 11.5 Å². The molecule has 0 unspecified atom stereocenters. The Bertz CT molecular complexity index is 1200. The fraction of sp³-hybridized carbons (Fsp3) is 0.640. The van der Waals surface area contributed by atoms with E-state index in [-0.39, 0.29) is 31.6 Å². The normalized spacial score (nSPS) is 18.7. The number of hydrogen-bond donors (Lipinski definition) is 4. The number of anilines is 1. The number of nitrogens with one attached hydrogen (secondary N) is 2. The molecular formula is C25H40N7O7P. The summed E-state index contributed by atoms with van der Waals surface area (Å²) in [5, 5.41) is 16.4. The third-order valence-electron chi connectivity index (χ3n) is 6.25. The zero-order valence-corrected chi connectivity index (χ0v) is 24.3. The molecule has 40 heavy (non-hydrogen) atoms. The summed E-state index contributed by atoms with van der Waals surface area (Å²) >= 11 is 0. The van der Waals surface area contributed by atoms with Gasteiger partial charge in [-0.3, -0.25) is 18.7 Å². The number of allylic oxidation sites excluding steroid dienone is 1. The lowest BCUT2D eigenvalue weighted by atomic mass is 10.3. The number of carbonyl (C=O) groups excluding carboxylic acids is 2. The van der Waals surface area contributed by atoms with Gasteiger partial charge in [0.2, 0.25) is 13.7 Å². The predicted octanol–water partition coefficient (Wildman–Crippen LogP) is 2.41. The minimum Gasteiger partial charge on any atom is -0.471 e. The maximum atomic E-state index is 14.0. The van der Waals surface area contributed by atoms with Crippen molar-refractivity contribution in [1.82, 2.24) is 29.7 Å². The van der Waals surface area contributed by atoms with Gasteiger partial charge in [-0.15, -0.1) is 0 Å². The van der Waals surface area contributed by atoms with E-state index in [9.17, 15) is 19.3 Å². The van der Waals surface area contributed by atoms with Crippen molar-refractivity contribution in [3.63, 3.8) is 0 Å². The molecule has 2 aromatic heterocycles. The van der Waals surface area contributed by atoms with Crippen LogP contribution in [0.25, 0.3) is 11.2 Å². The van der Waals surface area contributed by atoms with Gasteiger partial charge in [-0.2, -0.15) is 0 Å². The highest BCUT2D eigenvalue weighted by Gasteiger charge is 2.35. The molecule has 14 nitrogen and oxygen atoms in total. The maximum Gasteiger partial charge on any atom is 0.323 e. The number of nitrogens with two attached hydrogens (primary N) is 1. The number of unbranched alkanes of at least 4 members (excludes halogenated alkanes) is 2. The highest BCUT2D eigenvalue weighted by atomic mass is 31.2. The lowest BCUT2D eigenvalue weighted by Crippen LogP contribution is -2.42. The van der Waals surface area contributed by atoms with Crippen LogP contribution in [0.15, 0.2) is 24.5 Å². The van der Waals surface area contributed by atoms with Crippen LogP contribution >= 0.6 is 7.44 Å². The molecule has 0 amide bonds. The van der Waals surface area contributed by atoms with Gasteiger partial charge in [-0.05, 0) is 32.8 Å². The van der Waals surface area contributed by atoms with E-state index < -0.39 is 43.8 Å². The van der Waals surface area contributed by atoms with Crippen molar-refractivity contribution in [1.29, 1.82) is 0 Å². The smallest absolute Gasteiger partial charge is 0.323 e. The van der Waals surface area contributed by atoms with Crippen molar-refractivity contribution >= 4 is 36.4 Å². The Morgan fingerprint density at radius 2 is 1.70 bits per heavy atom. The van der Waals surface area contributed by atoms with Gasteiger partial charge in [0.1, 0.15) is 36.4 Å². The number of imidazole rings is 1. The van der Waals surface area contributed by atoms with Crippen LogP contribution in [0, 0.1) is 0 Å². The highest BCUT2D eigenvalue weighted by Crippen LogP contribution is 2.41. The van der Waals surface area contributed by atoms with Crippen LogP contribution in [0.4, 0.5) is 5.82 Å². The van der Waals surface area contributed by atoms with Gasteiger partial charge in [0, 0.05) is 12.6 Å². The monoisotopic (exact) mass is 581 g/mol. The van der Waals surface area contributed by atoms with E-state index in [1.807, 2.05) is 13.8 Å². The number of ether oxygens (including phenoxy) is 3. The molecule has 1 aliphatic heterocycles. The van der Waals surface area contributed by atoms with Gasteiger partial charge in [0.05, 0.1) is 19.0 Å². The van der Waals surface area contributed by atoms with E-state index >= 15 is 0 Å². The molecule has 0 aliphatic carbocycles. The van der Waals surface area contributed by atoms with Crippen LogP contribution in [0.2, 0.25) is 0 Å². The summed E-state index contributed by atoms with van der Waals surface area (Å²) in [6.07, 6.45) is 5.61. The van der Waals surface area contributed by atoms with Crippen molar-refractivity contribution in [3.05, 3.63) is 24.5 Å². The van der Waals surface area contributed by atoms with Gasteiger partial charge in [0.25, 0.3) is 0 Å². The fourth-order valence-corrected chi connectivity index (χ4v) is 6.34. The Balaban J connectivity index is 1.69. The van der Waals surface area contributed by atoms with E-state index in [1.165, 1.54) is 18.7 Å². The summed E-state index contributed by atoms with van der Waals surface area (Å²) < 4.78 is 32.1. The fourth-order valence-electron chi connectivity index (χ4n) is 4.01. The topological polar surface area (TPSA) is 193 Å². The molecule has 0 aromatic carbocycles. The molecule has 2 aromatic rings. The molecule has 15 heteroatoms. The van der Waals surface area contributed by atoms with Crippen molar-refractivity contribution in [2.75, 3.05) is 25.1 Å². The molecule has 0 saturated carbocycles. The van der Waals surface area contributed by atoms with Gasteiger partial charge < -0.3 is 25.1 Å². The highest BCUT2D eigenvalue weighted by molar-refractivity contribution is 7.59. The summed E-state index contributed by atoms with van der Waals surface area (Å²) in [6.45, 7) is 7.59. The molecule has 3 rings (SSSR count). The largest absolute Gasteiger partial charge is 0.471 e. The summed E-state index contributed by atoms with van der Waals surface area (Å²) in [6, 6.07) is -1.81. The van der Waals surface area contributed by atoms with E-state index in [1.54, 1.807) is 18.4 Å². The number of aliphatic hydroxyl groups is 1. The summed E-state index contributed by atoms with van der Waals surface area (Å²) in [7, 11) is -3.58. The van der Waals surface area contributed by atoms with E-state index in [4.69, 9.17) is 19.9 Å². The number of rotatable bonds is 16. The number of hydrogen-bond acceptors (Lipinski definition) is 11. The number of nitrogens with zero attached hydrogens (tertiary/aromatic N) is 4. The molecule has 0 bridgehead atoms. The third kappa shape index (κ3) is 8.23. The standard InChI is InChI=1S/C25H40N7O7P/c1-5-7-10-37-24(34)16(3)30-40(36,31-17(4)25(35)38-11-8-6-2)12-9-18-13-19(33)23(39-18)32-15-29-20-21(26)27-14-28-22(20)32/h13-17,19,23,33H,5-12H2,1-4H3,(H2,26,27,28)(H2,30,31,36)/t16-,17-,19+,23+/m0/s1. The Hall–Kier alpha value is -3.06. The van der Waals surface area contributed by atoms with Gasteiger partial charge in [-0.1, -0.05) is 26.7 Å². The first-order valence-electron chi connectivity index (χ1n) is 13.5. The zero-order chi connectivity index (χ0) is 29.3. The number of carbonyl (C=O) groups is 2. The SMILES string of the molecule is CCCCOC(=O)[C@H](C)NP(=O)(CCC1=C[C@@H](O)[C@H](n2cnc3c(N)ncnc32)O1)N[C@@H](C)C(=O)OCCCC. The second-order valence-corrected chi connectivity index (χ2v) is 12.1. The number of esters is 2. The molecule has 5 N–H and O–H groups in total. The molecule has 3 heterocycles. The number of aliphatic hydroxyl groups excluding tert-OH is 1. The average Bonchev–Trinajstić information content (AvgIpc) is 3.51. The number of fused-ring (bicyclic) bond motifs is 1. The molecule has 0 radical (unpaired) electrons. The lowest BCUT2D eigenvalue weighted by Gasteiger charge is -2.27. The number of aromatic nitrogens is 4. The quantitative estimate of drug-likeness (QED) is 0.128. The Labute approximate surface area is 233 Å². The molecule has 0 spiro atoms. The van der Waals surface area contributed by atoms with E-state index in [0.29, 0.717) is 16.9 Å². The van der Waals surface area contributed by atoms with Crippen LogP contribution in [0.1, 0.15) is 66.0 Å². The minimum atomic E-state index is -3.58. The van der Waals surface area contributed by atoms with Crippen LogP contribution in [-0.4, -0.2) is 74.1 Å². The molecule has 222 valence electrons. The van der Waals surface area contributed by atoms with Crippen molar-refractivity contribution in [2.24, 2.45) is 0 Å². The van der Waals surface area contributed by atoms with Crippen molar-refractivity contribution in [2.45, 2.75) is 84.2 Å². The van der Waals surface area contributed by atoms with E-state index in [0.717, 1.165) is 25.7 Å². The lowest BCUT2D eigenvalue weighted by molar-refractivity contribution is -0.145. The van der Waals surface area contributed by atoms with Gasteiger partial charge in [-0.25, -0.2) is 25.1 Å². The minimum absolute atomic E-state index is 0.0305. The summed E-state index contributed by atoms with van der Waals surface area (Å²) in [5.74, 6) is -0.517. The van der Waals surface area contributed by atoms with Gasteiger partial charge >= 0.3 is 11.9 Å². The first-order chi connectivity index (χ1) is 19.1. The molecule has 0 saturated heterocycles. The third-order valence-corrected chi connectivity index (χ3v) is 8.71. The van der Waals surface area contributed by atoms with Crippen LogP contribution in [-0.2, 0) is 28.4 Å². The first-order valence-corrected chi connectivity index (χ1v) is 15.4. The zero-order valence-electron chi connectivity index (χ0n) is 23.4.